The third-order valence-corrected chi connectivity index (χ3v) is 6.58. The molecule has 0 bridgehead atoms. The fourth-order valence-electron chi connectivity index (χ4n) is 3.15. The van der Waals surface area contributed by atoms with Crippen LogP contribution < -0.4 is 5.73 Å². The number of hydrogen-bond donors (Lipinski definition) is 1. The molecule has 2 aliphatic rings. The summed E-state index contributed by atoms with van der Waals surface area (Å²) < 4.78 is 26.9. The standard InChI is InChI=1S/C12H24N2O2S/c1-10(13)12-8-4-5-9-14(12)17(15,16)11-6-2-3-7-11/h10-12H,2-9,13H2,1H3. The predicted octanol–water partition coefficient (Wildman–Crippen LogP) is 1.46. The Kier molecular flexibility index (Phi) is 4.10. The minimum Gasteiger partial charge on any atom is -0.326 e. The molecule has 1 aliphatic carbocycles. The van der Waals surface area contributed by atoms with Gasteiger partial charge in [0.25, 0.3) is 0 Å². The van der Waals surface area contributed by atoms with E-state index in [9.17, 15) is 8.42 Å². The average molecular weight is 260 g/mol. The lowest BCUT2D eigenvalue weighted by Gasteiger charge is -2.38. The summed E-state index contributed by atoms with van der Waals surface area (Å²) in [5.41, 5.74) is 5.95. The molecule has 0 aromatic heterocycles. The van der Waals surface area contributed by atoms with E-state index in [-0.39, 0.29) is 17.3 Å². The summed E-state index contributed by atoms with van der Waals surface area (Å²) in [4.78, 5) is 0. The zero-order chi connectivity index (χ0) is 12.5. The Balaban J connectivity index is 2.17. The highest BCUT2D eigenvalue weighted by Gasteiger charge is 2.39. The van der Waals surface area contributed by atoms with Crippen molar-refractivity contribution in [3.05, 3.63) is 0 Å². The van der Waals surface area contributed by atoms with Gasteiger partial charge in [-0.2, -0.15) is 4.31 Å². The largest absolute Gasteiger partial charge is 0.326 e. The summed E-state index contributed by atoms with van der Waals surface area (Å²) in [7, 11) is -3.10. The van der Waals surface area contributed by atoms with Crippen LogP contribution in [0, 0.1) is 0 Å². The van der Waals surface area contributed by atoms with Gasteiger partial charge in [-0.15, -0.1) is 0 Å². The minimum atomic E-state index is -3.10. The SMILES string of the molecule is CC(N)C1CCCCN1S(=O)(=O)C1CCCC1. The molecule has 1 heterocycles. The smallest absolute Gasteiger partial charge is 0.217 e. The summed E-state index contributed by atoms with van der Waals surface area (Å²) in [6, 6.07) is -0.0409. The zero-order valence-electron chi connectivity index (χ0n) is 10.6. The lowest BCUT2D eigenvalue weighted by atomic mass is 10.00. The number of rotatable bonds is 3. The van der Waals surface area contributed by atoms with E-state index in [1.54, 1.807) is 4.31 Å². The molecule has 2 fully saturated rings. The lowest BCUT2D eigenvalue weighted by molar-refractivity contribution is 0.225. The van der Waals surface area contributed by atoms with Crippen molar-refractivity contribution in [2.75, 3.05) is 6.54 Å². The topological polar surface area (TPSA) is 63.4 Å². The van der Waals surface area contributed by atoms with Crippen molar-refractivity contribution < 1.29 is 8.42 Å². The normalized spacial score (nSPS) is 30.6. The average Bonchev–Trinajstić information content (AvgIpc) is 2.83. The van der Waals surface area contributed by atoms with Crippen LogP contribution in [0.3, 0.4) is 0 Å². The molecule has 0 aromatic carbocycles. The number of piperidine rings is 1. The Hall–Kier alpha value is -0.130. The molecular formula is C12H24N2O2S. The van der Waals surface area contributed by atoms with Crippen LogP contribution in [0.25, 0.3) is 0 Å². The van der Waals surface area contributed by atoms with Crippen LogP contribution in [-0.4, -0.2) is 36.6 Å². The fourth-order valence-corrected chi connectivity index (χ4v) is 5.52. The van der Waals surface area contributed by atoms with Crippen molar-refractivity contribution in [1.82, 2.24) is 4.31 Å². The van der Waals surface area contributed by atoms with Crippen LogP contribution in [-0.2, 0) is 10.0 Å². The third-order valence-electron chi connectivity index (χ3n) is 4.16. The van der Waals surface area contributed by atoms with Crippen molar-refractivity contribution in [1.29, 1.82) is 0 Å². The first-order chi connectivity index (χ1) is 8.03. The maximum absolute atomic E-state index is 12.6. The van der Waals surface area contributed by atoms with E-state index in [1.807, 2.05) is 6.92 Å². The summed E-state index contributed by atoms with van der Waals surface area (Å²) in [6.45, 7) is 2.60. The van der Waals surface area contributed by atoms with Crippen molar-refractivity contribution in [2.45, 2.75) is 69.2 Å². The summed E-state index contributed by atoms with van der Waals surface area (Å²) in [5, 5.41) is -0.137. The molecule has 2 atom stereocenters. The third kappa shape index (κ3) is 2.66. The minimum absolute atomic E-state index is 0.0225. The molecule has 0 spiro atoms. The van der Waals surface area contributed by atoms with Crippen LogP contribution >= 0.6 is 0 Å². The molecule has 100 valence electrons. The molecule has 0 aromatic rings. The molecule has 1 aliphatic heterocycles. The van der Waals surface area contributed by atoms with Gasteiger partial charge in [-0.05, 0) is 32.6 Å². The highest BCUT2D eigenvalue weighted by molar-refractivity contribution is 7.89. The number of nitrogens with zero attached hydrogens (tertiary/aromatic N) is 1. The Bertz CT molecular complexity index is 348. The molecule has 1 saturated carbocycles. The van der Waals surface area contributed by atoms with Crippen LogP contribution in [0.4, 0.5) is 0 Å². The van der Waals surface area contributed by atoms with E-state index in [0.717, 1.165) is 44.9 Å². The molecular weight excluding hydrogens is 236 g/mol. The van der Waals surface area contributed by atoms with Gasteiger partial charge in [0.15, 0.2) is 0 Å². The van der Waals surface area contributed by atoms with Gasteiger partial charge < -0.3 is 5.73 Å². The summed E-state index contributed by atoms with van der Waals surface area (Å²) >= 11 is 0. The molecule has 0 radical (unpaired) electrons. The Morgan fingerprint density at radius 2 is 1.71 bits per heavy atom. The van der Waals surface area contributed by atoms with E-state index < -0.39 is 10.0 Å². The van der Waals surface area contributed by atoms with Crippen LogP contribution in [0.1, 0.15) is 51.9 Å². The van der Waals surface area contributed by atoms with Gasteiger partial charge in [-0.1, -0.05) is 19.3 Å². The monoisotopic (exact) mass is 260 g/mol. The van der Waals surface area contributed by atoms with Crippen LogP contribution in [0.5, 0.6) is 0 Å². The van der Waals surface area contributed by atoms with Gasteiger partial charge in [0.05, 0.1) is 5.25 Å². The maximum atomic E-state index is 12.6. The first-order valence-corrected chi connectivity index (χ1v) is 8.30. The Morgan fingerprint density at radius 3 is 2.29 bits per heavy atom. The fraction of sp³-hybridized carbons (Fsp3) is 1.00. The van der Waals surface area contributed by atoms with Crippen molar-refractivity contribution >= 4 is 10.0 Å². The predicted molar refractivity (Wildman–Crippen MR) is 69.2 cm³/mol. The van der Waals surface area contributed by atoms with Crippen molar-refractivity contribution in [3.8, 4) is 0 Å². The molecule has 5 heteroatoms. The Labute approximate surface area is 105 Å². The van der Waals surface area contributed by atoms with Gasteiger partial charge in [0.1, 0.15) is 0 Å². The van der Waals surface area contributed by atoms with Crippen LogP contribution in [0.2, 0.25) is 0 Å². The maximum Gasteiger partial charge on any atom is 0.217 e. The Morgan fingerprint density at radius 1 is 1.12 bits per heavy atom. The van der Waals surface area contributed by atoms with E-state index in [2.05, 4.69) is 0 Å². The van der Waals surface area contributed by atoms with E-state index in [0.29, 0.717) is 6.54 Å². The first kappa shape index (κ1) is 13.3. The number of sulfonamides is 1. The molecule has 4 nitrogen and oxygen atoms in total. The van der Waals surface area contributed by atoms with Gasteiger partial charge in [0.2, 0.25) is 10.0 Å². The second-order valence-electron chi connectivity index (χ2n) is 5.48. The molecule has 2 rings (SSSR count). The van der Waals surface area contributed by atoms with E-state index in [4.69, 9.17) is 5.73 Å². The lowest BCUT2D eigenvalue weighted by Crippen LogP contribution is -2.53. The molecule has 2 unspecified atom stereocenters. The second kappa shape index (κ2) is 5.24. The molecule has 1 saturated heterocycles. The van der Waals surface area contributed by atoms with E-state index >= 15 is 0 Å². The van der Waals surface area contributed by atoms with E-state index in [1.165, 1.54) is 0 Å². The van der Waals surface area contributed by atoms with Crippen molar-refractivity contribution in [3.63, 3.8) is 0 Å². The summed E-state index contributed by atoms with van der Waals surface area (Å²) in [5.74, 6) is 0. The van der Waals surface area contributed by atoms with Gasteiger partial charge in [-0.3, -0.25) is 0 Å². The van der Waals surface area contributed by atoms with Gasteiger partial charge >= 0.3 is 0 Å². The van der Waals surface area contributed by atoms with Crippen LogP contribution in [0.15, 0.2) is 0 Å². The zero-order valence-corrected chi connectivity index (χ0v) is 11.5. The highest BCUT2D eigenvalue weighted by atomic mass is 32.2. The molecule has 17 heavy (non-hydrogen) atoms. The second-order valence-corrected chi connectivity index (χ2v) is 7.65. The molecule has 2 N–H and O–H groups in total. The number of nitrogens with two attached hydrogens (primary N) is 1. The quantitative estimate of drug-likeness (QED) is 0.835. The number of hydrogen-bond acceptors (Lipinski definition) is 3. The molecule has 0 amide bonds. The summed E-state index contributed by atoms with van der Waals surface area (Å²) in [6.07, 6.45) is 6.79. The van der Waals surface area contributed by atoms with Gasteiger partial charge in [0, 0.05) is 18.6 Å². The first-order valence-electron chi connectivity index (χ1n) is 6.79. The van der Waals surface area contributed by atoms with Gasteiger partial charge in [-0.25, -0.2) is 8.42 Å². The van der Waals surface area contributed by atoms with Crippen molar-refractivity contribution in [2.24, 2.45) is 5.73 Å². The highest BCUT2D eigenvalue weighted by Crippen LogP contribution is 2.31.